The maximum absolute atomic E-state index is 13.1. The zero-order chi connectivity index (χ0) is 21.2. The lowest BCUT2D eigenvalue weighted by molar-refractivity contribution is 0.168. The second-order valence-corrected chi connectivity index (χ2v) is 8.59. The van der Waals surface area contributed by atoms with E-state index in [0.29, 0.717) is 0 Å². The van der Waals surface area contributed by atoms with E-state index < -0.39 is 34.2 Å². The predicted molar refractivity (Wildman–Crippen MR) is 108 cm³/mol. The van der Waals surface area contributed by atoms with E-state index in [2.05, 4.69) is 10.6 Å². The summed E-state index contributed by atoms with van der Waals surface area (Å²) in [7, 11) is -4.16. The number of carbonyl (C=O) groups is 2. The number of benzene rings is 2. The molecule has 3 rings (SSSR count). The molecule has 1 aliphatic rings. The number of carbonyl (C=O) groups excluding carboxylic acids is 2. The quantitative estimate of drug-likeness (QED) is 0.741. The number of sulfonamides is 1. The molecule has 0 radical (unpaired) electrons. The summed E-state index contributed by atoms with van der Waals surface area (Å²) in [4.78, 5) is 23.9. The van der Waals surface area contributed by atoms with Gasteiger partial charge in [-0.3, -0.25) is 5.32 Å². The van der Waals surface area contributed by atoms with E-state index in [1.165, 1.54) is 18.2 Å². The number of nitrogens with zero attached hydrogens (tertiary/aromatic N) is 1. The van der Waals surface area contributed by atoms with E-state index >= 15 is 0 Å². The summed E-state index contributed by atoms with van der Waals surface area (Å²) in [5.74, 6) is 0. The van der Waals surface area contributed by atoms with Gasteiger partial charge >= 0.3 is 12.1 Å². The van der Waals surface area contributed by atoms with Crippen molar-refractivity contribution in [3.63, 3.8) is 0 Å². The van der Waals surface area contributed by atoms with Gasteiger partial charge in [0.2, 0.25) is 0 Å². The molecule has 1 heterocycles. The first-order valence-corrected chi connectivity index (χ1v) is 10.7. The predicted octanol–water partition coefficient (Wildman–Crippen LogP) is 3.75. The van der Waals surface area contributed by atoms with E-state index in [4.69, 9.17) is 16.3 Å². The van der Waals surface area contributed by atoms with Crippen LogP contribution in [-0.4, -0.2) is 37.5 Å². The summed E-state index contributed by atoms with van der Waals surface area (Å²) in [6.07, 6.45) is -0.705. The number of amides is 3. The third-order valence-electron chi connectivity index (χ3n) is 4.50. The molecule has 154 valence electrons. The molecule has 8 nitrogen and oxygen atoms in total. The monoisotopic (exact) mass is 437 g/mol. The molecule has 1 saturated heterocycles. The van der Waals surface area contributed by atoms with Crippen molar-refractivity contribution >= 4 is 39.4 Å². The largest absolute Gasteiger partial charge is 0.450 e. The zero-order valence-corrected chi connectivity index (χ0v) is 17.3. The molecule has 0 saturated carbocycles. The van der Waals surface area contributed by atoms with E-state index in [0.717, 1.165) is 9.87 Å². The highest BCUT2D eigenvalue weighted by Crippen LogP contribution is 2.33. The summed E-state index contributed by atoms with van der Waals surface area (Å²) in [5.41, 5.74) is 1.00. The SMILES string of the molecule is CCOC(=O)Nc1ccc(S(=O)(=O)N2C(=O)N[C@@H](c3ccccc3)C2C)cc1Cl. The van der Waals surface area contributed by atoms with Crippen LogP contribution < -0.4 is 10.6 Å². The average Bonchev–Trinajstić information content (AvgIpc) is 2.99. The van der Waals surface area contributed by atoms with Crippen LogP contribution in [0.5, 0.6) is 0 Å². The summed E-state index contributed by atoms with van der Waals surface area (Å²) in [5, 5.41) is 5.14. The molecule has 0 aliphatic carbocycles. The third-order valence-corrected chi connectivity index (χ3v) is 6.68. The Labute approximate surface area is 173 Å². The molecule has 1 unspecified atom stereocenters. The first-order valence-electron chi connectivity index (χ1n) is 8.89. The number of halogens is 1. The number of urea groups is 1. The summed E-state index contributed by atoms with van der Waals surface area (Å²) in [6, 6.07) is 11.1. The lowest BCUT2D eigenvalue weighted by Crippen LogP contribution is -2.38. The van der Waals surface area contributed by atoms with Crippen molar-refractivity contribution in [3.8, 4) is 0 Å². The van der Waals surface area contributed by atoms with Gasteiger partial charge in [-0.1, -0.05) is 41.9 Å². The van der Waals surface area contributed by atoms with Crippen molar-refractivity contribution < 1.29 is 22.7 Å². The second kappa shape index (κ2) is 8.30. The Morgan fingerprint density at radius 3 is 2.55 bits per heavy atom. The van der Waals surface area contributed by atoms with Crippen molar-refractivity contribution in [1.82, 2.24) is 9.62 Å². The van der Waals surface area contributed by atoms with Crippen LogP contribution in [0.25, 0.3) is 0 Å². The lowest BCUT2D eigenvalue weighted by atomic mass is 10.0. The average molecular weight is 438 g/mol. The number of hydrogen-bond acceptors (Lipinski definition) is 5. The van der Waals surface area contributed by atoms with Crippen LogP contribution >= 0.6 is 11.6 Å². The van der Waals surface area contributed by atoms with Crippen LogP contribution in [0.3, 0.4) is 0 Å². The normalized spacial score (nSPS) is 19.0. The maximum Gasteiger partial charge on any atom is 0.411 e. The smallest absolute Gasteiger partial charge is 0.411 e. The third kappa shape index (κ3) is 4.15. The minimum atomic E-state index is -4.16. The van der Waals surface area contributed by atoms with Crippen molar-refractivity contribution in [2.75, 3.05) is 11.9 Å². The number of anilines is 1. The molecule has 2 atom stereocenters. The van der Waals surface area contributed by atoms with E-state index in [9.17, 15) is 18.0 Å². The van der Waals surface area contributed by atoms with Crippen LogP contribution in [0.15, 0.2) is 53.4 Å². The minimum Gasteiger partial charge on any atom is -0.450 e. The number of hydrogen-bond donors (Lipinski definition) is 2. The topological polar surface area (TPSA) is 105 Å². The highest BCUT2D eigenvalue weighted by Gasteiger charge is 2.44. The highest BCUT2D eigenvalue weighted by molar-refractivity contribution is 7.89. The molecule has 2 N–H and O–H groups in total. The van der Waals surface area contributed by atoms with Crippen LogP contribution in [0, 0.1) is 0 Å². The summed E-state index contributed by atoms with van der Waals surface area (Å²) >= 11 is 6.13. The van der Waals surface area contributed by atoms with Gasteiger partial charge in [-0.2, -0.15) is 0 Å². The maximum atomic E-state index is 13.1. The zero-order valence-electron chi connectivity index (χ0n) is 15.8. The first-order chi connectivity index (χ1) is 13.8. The Hall–Kier alpha value is -2.78. The molecule has 1 fully saturated rings. The van der Waals surface area contributed by atoms with E-state index in [-0.39, 0.29) is 22.2 Å². The lowest BCUT2D eigenvalue weighted by Gasteiger charge is -2.23. The molecular formula is C19H20ClN3O5S. The minimum absolute atomic E-state index is 0.00555. The van der Waals surface area contributed by atoms with E-state index in [1.54, 1.807) is 13.8 Å². The van der Waals surface area contributed by atoms with Crippen LogP contribution in [0.4, 0.5) is 15.3 Å². The Kier molecular flexibility index (Phi) is 5.99. The molecule has 29 heavy (non-hydrogen) atoms. The van der Waals surface area contributed by atoms with Crippen molar-refractivity contribution in [1.29, 1.82) is 0 Å². The fraction of sp³-hybridized carbons (Fsp3) is 0.263. The standard InChI is InChI=1S/C19H20ClN3O5S/c1-3-28-19(25)21-16-10-9-14(11-15(16)20)29(26,27)23-12(2)17(22-18(23)24)13-7-5-4-6-8-13/h4-12,17H,3H2,1-2H3,(H,21,25)(H,22,24)/t12?,17-/m1/s1. The molecule has 10 heteroatoms. The number of rotatable bonds is 5. The van der Waals surface area contributed by atoms with Gasteiger partial charge in [-0.05, 0) is 37.6 Å². The molecule has 0 spiro atoms. The molecule has 0 aromatic heterocycles. The van der Waals surface area contributed by atoms with Crippen molar-refractivity contribution in [3.05, 3.63) is 59.1 Å². The summed E-state index contributed by atoms with van der Waals surface area (Å²) in [6.45, 7) is 3.49. The fourth-order valence-corrected chi connectivity index (χ4v) is 4.99. The molecule has 0 bridgehead atoms. The second-order valence-electron chi connectivity index (χ2n) is 6.37. The van der Waals surface area contributed by atoms with Gasteiger partial charge in [0, 0.05) is 0 Å². The van der Waals surface area contributed by atoms with Gasteiger partial charge in [0.05, 0.1) is 34.3 Å². The first kappa shape index (κ1) is 20.9. The molecule has 1 aliphatic heterocycles. The Morgan fingerprint density at radius 2 is 1.93 bits per heavy atom. The summed E-state index contributed by atoms with van der Waals surface area (Å²) < 4.78 is 31.8. The van der Waals surface area contributed by atoms with Crippen molar-refractivity contribution in [2.45, 2.75) is 30.8 Å². The Balaban J connectivity index is 1.88. The number of nitrogens with one attached hydrogen (secondary N) is 2. The van der Waals surface area contributed by atoms with Gasteiger partial charge in [0.25, 0.3) is 10.0 Å². The Morgan fingerprint density at radius 1 is 1.24 bits per heavy atom. The van der Waals surface area contributed by atoms with Gasteiger partial charge in [-0.15, -0.1) is 0 Å². The van der Waals surface area contributed by atoms with Gasteiger partial charge in [-0.25, -0.2) is 22.3 Å². The molecule has 3 amide bonds. The van der Waals surface area contributed by atoms with Crippen LogP contribution in [0.2, 0.25) is 5.02 Å². The molecular weight excluding hydrogens is 418 g/mol. The van der Waals surface area contributed by atoms with Gasteiger partial charge in [0.1, 0.15) is 0 Å². The Bertz CT molecular complexity index is 1030. The molecule has 2 aromatic rings. The highest BCUT2D eigenvalue weighted by atomic mass is 35.5. The van der Waals surface area contributed by atoms with Gasteiger partial charge < -0.3 is 10.1 Å². The van der Waals surface area contributed by atoms with Crippen LogP contribution in [-0.2, 0) is 14.8 Å². The van der Waals surface area contributed by atoms with Crippen molar-refractivity contribution in [2.24, 2.45) is 0 Å². The van der Waals surface area contributed by atoms with Gasteiger partial charge in [0.15, 0.2) is 0 Å². The molecule has 2 aromatic carbocycles. The number of ether oxygens (including phenoxy) is 1. The van der Waals surface area contributed by atoms with E-state index in [1.807, 2.05) is 30.3 Å². The fourth-order valence-electron chi connectivity index (χ4n) is 3.14. The van der Waals surface area contributed by atoms with Crippen LogP contribution in [0.1, 0.15) is 25.5 Å².